The second-order valence-corrected chi connectivity index (χ2v) is 7.96. The quantitative estimate of drug-likeness (QED) is 0.333. The first-order valence-electron chi connectivity index (χ1n) is 13.2. The Morgan fingerprint density at radius 2 is 1.65 bits per heavy atom. The van der Waals surface area contributed by atoms with Crippen LogP contribution in [0.1, 0.15) is 104 Å². The van der Waals surface area contributed by atoms with Crippen LogP contribution in [0.4, 0.5) is 0 Å². The molecule has 0 saturated carbocycles. The summed E-state index contributed by atoms with van der Waals surface area (Å²) in [6.07, 6.45) is 4.03. The average Bonchev–Trinajstić information content (AvgIpc) is 3.37. The number of nitrogens with zero attached hydrogens (tertiary/aromatic N) is 3. The molecule has 3 rings (SSSR count). The van der Waals surface area contributed by atoms with E-state index in [2.05, 4.69) is 37.7 Å². The summed E-state index contributed by atoms with van der Waals surface area (Å²) in [6, 6.07) is 6.86. The van der Waals surface area contributed by atoms with Gasteiger partial charge in [-0.05, 0) is 52.9 Å². The molecule has 37 heavy (non-hydrogen) atoms. The van der Waals surface area contributed by atoms with E-state index in [4.69, 9.17) is 4.63 Å². The summed E-state index contributed by atoms with van der Waals surface area (Å²) in [5, 5.41) is 16.9. The minimum atomic E-state index is -1.23. The number of hydrogen-bond donors (Lipinski definition) is 1. The molecule has 2 heterocycles. The van der Waals surface area contributed by atoms with Crippen molar-refractivity contribution in [3.8, 4) is 0 Å². The SMILES string of the molecule is C=C(/C=C(\C)c1cc(=O)c(C(=O)O)cn1CCC)c1cccc2nonc12.CC.CC.CC.CC(C)C. The largest absolute Gasteiger partial charge is 0.477 e. The van der Waals surface area contributed by atoms with E-state index >= 15 is 0 Å². The van der Waals surface area contributed by atoms with Crippen LogP contribution in [0, 0.1) is 5.92 Å². The smallest absolute Gasteiger partial charge is 0.341 e. The number of carboxylic acids is 1. The molecule has 1 N–H and O–H groups in total. The first kappa shape index (κ1) is 35.7. The molecule has 206 valence electrons. The third-order valence-electron chi connectivity index (χ3n) is 4.25. The summed E-state index contributed by atoms with van der Waals surface area (Å²) in [4.78, 5) is 23.4. The number of carboxylic acid groups (broad SMARTS) is 1. The van der Waals surface area contributed by atoms with Crippen LogP contribution >= 0.6 is 0 Å². The van der Waals surface area contributed by atoms with Crippen molar-refractivity contribution in [2.24, 2.45) is 5.92 Å². The Morgan fingerprint density at radius 1 is 1.08 bits per heavy atom. The van der Waals surface area contributed by atoms with Crippen LogP contribution in [0.25, 0.3) is 22.2 Å². The fourth-order valence-electron chi connectivity index (χ4n) is 2.98. The van der Waals surface area contributed by atoms with Gasteiger partial charge in [-0.25, -0.2) is 9.42 Å². The van der Waals surface area contributed by atoms with Gasteiger partial charge in [0.2, 0.25) is 0 Å². The predicted molar refractivity (Wildman–Crippen MR) is 157 cm³/mol. The number of carbonyl (C=O) groups is 1. The van der Waals surface area contributed by atoms with E-state index in [-0.39, 0.29) is 5.56 Å². The van der Waals surface area contributed by atoms with Crippen molar-refractivity contribution in [3.63, 3.8) is 0 Å². The zero-order chi connectivity index (χ0) is 29.1. The monoisotopic (exact) mass is 513 g/mol. The number of rotatable bonds is 6. The molecule has 0 radical (unpaired) electrons. The Hall–Kier alpha value is -3.48. The molecule has 0 atom stereocenters. The summed E-state index contributed by atoms with van der Waals surface area (Å²) >= 11 is 0. The van der Waals surface area contributed by atoms with Crippen LogP contribution in [0.15, 0.2) is 52.5 Å². The molecule has 0 spiro atoms. The lowest BCUT2D eigenvalue weighted by Crippen LogP contribution is -2.19. The number of aromatic carboxylic acids is 1. The van der Waals surface area contributed by atoms with E-state index in [0.717, 1.165) is 23.5 Å². The van der Waals surface area contributed by atoms with Crippen molar-refractivity contribution in [1.82, 2.24) is 14.9 Å². The molecule has 2 aromatic heterocycles. The highest BCUT2D eigenvalue weighted by molar-refractivity contribution is 5.93. The topological polar surface area (TPSA) is 98.2 Å². The number of aromatic nitrogens is 3. The summed E-state index contributed by atoms with van der Waals surface area (Å²) in [5.74, 6) is -0.396. The highest BCUT2D eigenvalue weighted by Crippen LogP contribution is 2.25. The minimum Gasteiger partial charge on any atom is -0.477 e. The zero-order valence-electron chi connectivity index (χ0n) is 24.7. The molecular weight excluding hydrogens is 466 g/mol. The fourth-order valence-corrected chi connectivity index (χ4v) is 2.98. The number of pyridine rings is 1. The number of allylic oxidation sites excluding steroid dienone is 3. The highest BCUT2D eigenvalue weighted by atomic mass is 16.6. The van der Waals surface area contributed by atoms with Crippen molar-refractivity contribution in [2.75, 3.05) is 0 Å². The van der Waals surface area contributed by atoms with Gasteiger partial charge in [0, 0.05) is 30.1 Å². The van der Waals surface area contributed by atoms with Gasteiger partial charge in [-0.15, -0.1) is 0 Å². The maximum atomic E-state index is 12.2. The Balaban J connectivity index is 0. The van der Waals surface area contributed by atoms with Crippen molar-refractivity contribution in [3.05, 3.63) is 70.2 Å². The fraction of sp³-hybridized carbons (Fsp3) is 0.467. The molecule has 0 saturated heterocycles. The lowest BCUT2D eigenvalue weighted by molar-refractivity contribution is 0.0694. The normalized spacial score (nSPS) is 10.0. The molecule has 1 aromatic carbocycles. The maximum absolute atomic E-state index is 12.2. The number of hydrogen-bond acceptors (Lipinski definition) is 5. The van der Waals surface area contributed by atoms with Gasteiger partial charge in [-0.1, -0.05) is 87.9 Å². The van der Waals surface area contributed by atoms with Gasteiger partial charge in [-0.3, -0.25) is 4.79 Å². The molecule has 0 aliphatic heterocycles. The van der Waals surface area contributed by atoms with Gasteiger partial charge in [0.1, 0.15) is 16.6 Å². The van der Waals surface area contributed by atoms with E-state index in [1.54, 1.807) is 10.6 Å². The number of fused-ring (bicyclic) bond motifs is 1. The minimum absolute atomic E-state index is 0.239. The van der Waals surface area contributed by atoms with E-state index in [0.29, 0.717) is 28.8 Å². The summed E-state index contributed by atoms with van der Waals surface area (Å²) in [5.41, 5.74) is 3.39. The van der Waals surface area contributed by atoms with Crippen LogP contribution in [0.5, 0.6) is 0 Å². The third-order valence-corrected chi connectivity index (χ3v) is 4.25. The molecule has 7 nitrogen and oxygen atoms in total. The van der Waals surface area contributed by atoms with Gasteiger partial charge in [0.05, 0.1) is 0 Å². The second kappa shape index (κ2) is 19.7. The second-order valence-electron chi connectivity index (χ2n) is 7.96. The Kier molecular flexibility index (Phi) is 19.0. The van der Waals surface area contributed by atoms with Crippen LogP contribution in [0.2, 0.25) is 0 Å². The van der Waals surface area contributed by atoms with Crippen molar-refractivity contribution in [1.29, 1.82) is 0 Å². The zero-order valence-corrected chi connectivity index (χ0v) is 24.7. The molecule has 0 fully saturated rings. The van der Waals surface area contributed by atoms with Gasteiger partial charge in [-0.2, -0.15) is 0 Å². The van der Waals surface area contributed by atoms with Gasteiger partial charge in [0.15, 0.2) is 5.43 Å². The van der Waals surface area contributed by atoms with Gasteiger partial charge < -0.3 is 9.67 Å². The van der Waals surface area contributed by atoms with Crippen LogP contribution in [-0.2, 0) is 6.54 Å². The Labute approximate surface area is 222 Å². The lowest BCUT2D eigenvalue weighted by Gasteiger charge is -2.14. The molecule has 0 unspecified atom stereocenters. The van der Waals surface area contributed by atoms with E-state index in [1.165, 1.54) is 12.3 Å². The molecule has 0 aliphatic carbocycles. The van der Waals surface area contributed by atoms with Gasteiger partial charge >= 0.3 is 5.97 Å². The Bertz CT molecular complexity index is 1170. The third kappa shape index (κ3) is 11.4. The van der Waals surface area contributed by atoms with Crippen LogP contribution in [0.3, 0.4) is 0 Å². The Morgan fingerprint density at radius 3 is 2.16 bits per heavy atom. The molecule has 3 aromatic rings. The standard InChI is InChI=1S/C20H19N3O4.C4H10.3C2H6/c1-4-8-23-11-15(20(25)26)18(24)10-17(23)13(3)9-12(2)14-6-5-7-16-19(14)22-27-21-16;1-4(2)3;3*1-2/h5-7,9-11H,2,4,8H2,1,3H3,(H,25,26);4H,1-3H3;3*1-2H3/b13-9+;;;;. The number of benzene rings is 1. The molecule has 0 bridgehead atoms. The van der Waals surface area contributed by atoms with Crippen LogP contribution in [-0.4, -0.2) is 26.0 Å². The molecule has 0 aliphatic rings. The predicted octanol–water partition coefficient (Wildman–Crippen LogP) is 8.35. The highest BCUT2D eigenvalue weighted by Gasteiger charge is 2.14. The van der Waals surface area contributed by atoms with Gasteiger partial charge in [0.25, 0.3) is 0 Å². The van der Waals surface area contributed by atoms with E-state index < -0.39 is 11.4 Å². The van der Waals surface area contributed by atoms with Crippen LogP contribution < -0.4 is 5.43 Å². The summed E-state index contributed by atoms with van der Waals surface area (Å²) in [7, 11) is 0. The number of aryl methyl sites for hydroxylation is 1. The maximum Gasteiger partial charge on any atom is 0.341 e. The molecular formula is C30H47N3O4. The van der Waals surface area contributed by atoms with Crippen molar-refractivity contribution < 1.29 is 14.5 Å². The van der Waals surface area contributed by atoms with Crippen molar-refractivity contribution >= 4 is 28.1 Å². The average molecular weight is 514 g/mol. The first-order valence-corrected chi connectivity index (χ1v) is 13.2. The molecule has 7 heteroatoms. The van der Waals surface area contributed by atoms with E-state index in [9.17, 15) is 14.7 Å². The summed E-state index contributed by atoms with van der Waals surface area (Å²) in [6.45, 7) is 27.0. The van der Waals surface area contributed by atoms with Crippen molar-refractivity contribution in [2.45, 2.75) is 89.1 Å². The first-order chi connectivity index (χ1) is 17.6. The molecule has 0 amide bonds. The summed E-state index contributed by atoms with van der Waals surface area (Å²) < 4.78 is 6.56. The van der Waals surface area contributed by atoms with E-state index in [1.807, 2.05) is 73.6 Å². The lowest BCUT2D eigenvalue weighted by atomic mass is 10.0.